The molecule has 56 heavy (non-hydrogen) atoms. The highest BCUT2D eigenvalue weighted by molar-refractivity contribution is 6.90. The molecule has 7 nitrogen and oxygen atoms in total. The molecule has 1 amide bonds. The van der Waals surface area contributed by atoms with Gasteiger partial charge in [0, 0.05) is 40.4 Å². The van der Waals surface area contributed by atoms with Gasteiger partial charge in [-0.15, -0.1) is 5.54 Å². The minimum atomic E-state index is -2.03. The van der Waals surface area contributed by atoms with Crippen molar-refractivity contribution >= 4 is 41.7 Å². The minimum absolute atomic E-state index is 0.0287. The zero-order valence-corrected chi connectivity index (χ0v) is 36.5. The SMILES string of the molecule is CCC1(COc2nc(N3CC4CCC(C3)N4C(=O)OC(C)(C)C)c3ccc(-c4cc(C)cc5cccc(C#C[Si](C(C)C)(C(C)C)C(C)C)c45)c(F)c3n2)CC1. The van der Waals surface area contributed by atoms with Crippen LogP contribution >= 0.6 is 0 Å². The summed E-state index contributed by atoms with van der Waals surface area (Å²) in [5.41, 5.74) is 8.49. The highest BCUT2D eigenvalue weighted by atomic mass is 28.3. The molecule has 298 valence electrons. The quantitative estimate of drug-likeness (QED) is 0.125. The highest BCUT2D eigenvalue weighted by Crippen LogP contribution is 2.49. The lowest BCUT2D eigenvalue weighted by atomic mass is 9.92. The van der Waals surface area contributed by atoms with Gasteiger partial charge in [-0.2, -0.15) is 9.97 Å². The van der Waals surface area contributed by atoms with Gasteiger partial charge in [-0.05, 0) is 105 Å². The van der Waals surface area contributed by atoms with Gasteiger partial charge in [0.1, 0.15) is 25.0 Å². The van der Waals surface area contributed by atoms with Gasteiger partial charge in [-0.1, -0.05) is 84.7 Å². The summed E-state index contributed by atoms with van der Waals surface area (Å²) in [7, 11) is -2.03. The molecule has 3 heterocycles. The number of ether oxygens (including phenoxy) is 2. The molecular weight excluding hydrogens is 716 g/mol. The van der Waals surface area contributed by atoms with Crippen molar-refractivity contribution in [3.8, 4) is 28.6 Å². The van der Waals surface area contributed by atoms with Crippen molar-refractivity contribution in [2.75, 3.05) is 24.6 Å². The third-order valence-corrected chi connectivity index (χ3v) is 19.3. The molecule has 2 saturated heterocycles. The van der Waals surface area contributed by atoms with E-state index in [1.807, 2.05) is 37.8 Å². The van der Waals surface area contributed by atoms with Crippen LogP contribution in [0.25, 0.3) is 32.8 Å². The monoisotopic (exact) mass is 776 g/mol. The van der Waals surface area contributed by atoms with Crippen LogP contribution in [0.2, 0.25) is 16.6 Å². The Morgan fingerprint density at radius 3 is 2.21 bits per heavy atom. The Balaban J connectivity index is 1.35. The Bertz CT molecular complexity index is 2180. The van der Waals surface area contributed by atoms with Crippen LogP contribution in [0.3, 0.4) is 0 Å². The van der Waals surface area contributed by atoms with Gasteiger partial charge in [0.2, 0.25) is 0 Å². The topological polar surface area (TPSA) is 67.8 Å². The van der Waals surface area contributed by atoms with Crippen LogP contribution in [0.15, 0.2) is 42.5 Å². The number of aromatic nitrogens is 2. The Morgan fingerprint density at radius 2 is 1.62 bits per heavy atom. The number of fused-ring (bicyclic) bond motifs is 4. The molecule has 2 aliphatic heterocycles. The van der Waals surface area contributed by atoms with E-state index >= 15 is 4.39 Å². The molecule has 1 aliphatic carbocycles. The second kappa shape index (κ2) is 15.0. The molecule has 2 atom stereocenters. The fourth-order valence-electron chi connectivity index (χ4n) is 9.83. The number of nitrogens with zero attached hydrogens (tertiary/aromatic N) is 4. The van der Waals surface area contributed by atoms with Crippen LogP contribution in [0, 0.1) is 29.6 Å². The van der Waals surface area contributed by atoms with E-state index in [-0.39, 0.29) is 35.1 Å². The third-order valence-electron chi connectivity index (χ3n) is 13.1. The van der Waals surface area contributed by atoms with Crippen LogP contribution in [0.1, 0.15) is 112 Å². The largest absolute Gasteiger partial charge is 0.463 e. The van der Waals surface area contributed by atoms with E-state index in [1.54, 1.807) is 0 Å². The van der Waals surface area contributed by atoms with E-state index in [0.717, 1.165) is 59.6 Å². The molecule has 9 heteroatoms. The van der Waals surface area contributed by atoms with Gasteiger partial charge in [0.05, 0.1) is 18.7 Å². The van der Waals surface area contributed by atoms with E-state index in [9.17, 15) is 4.79 Å². The highest BCUT2D eigenvalue weighted by Gasteiger charge is 2.46. The van der Waals surface area contributed by atoms with E-state index in [0.29, 0.717) is 53.1 Å². The lowest BCUT2D eigenvalue weighted by Crippen LogP contribution is -2.57. The van der Waals surface area contributed by atoms with Crippen LogP contribution < -0.4 is 9.64 Å². The molecule has 2 unspecified atom stereocenters. The van der Waals surface area contributed by atoms with Crippen LogP contribution in [0.4, 0.5) is 15.0 Å². The lowest BCUT2D eigenvalue weighted by Gasteiger charge is -2.42. The predicted molar refractivity (Wildman–Crippen MR) is 230 cm³/mol. The van der Waals surface area contributed by atoms with Crippen molar-refractivity contribution in [2.24, 2.45) is 5.41 Å². The van der Waals surface area contributed by atoms with E-state index in [1.165, 1.54) is 0 Å². The van der Waals surface area contributed by atoms with Gasteiger partial charge in [0.15, 0.2) is 5.82 Å². The summed E-state index contributed by atoms with van der Waals surface area (Å²) in [5, 5.41) is 2.64. The zero-order chi connectivity index (χ0) is 40.3. The normalized spacial score (nSPS) is 19.3. The summed E-state index contributed by atoms with van der Waals surface area (Å²) in [5.74, 6) is 3.95. The summed E-state index contributed by atoms with van der Waals surface area (Å²) >= 11 is 0. The molecule has 3 aliphatic rings. The Hall–Kier alpha value is -4.16. The van der Waals surface area contributed by atoms with E-state index in [4.69, 9.17) is 19.4 Å². The van der Waals surface area contributed by atoms with Crippen LogP contribution in [-0.4, -0.2) is 66.4 Å². The van der Waals surface area contributed by atoms with E-state index in [2.05, 4.69) is 102 Å². The average molecular weight is 777 g/mol. The number of hydrogen-bond donors (Lipinski definition) is 0. The molecule has 1 aromatic heterocycles. The van der Waals surface area contributed by atoms with Gasteiger partial charge in [-0.3, -0.25) is 4.90 Å². The number of piperazine rings is 1. The summed E-state index contributed by atoms with van der Waals surface area (Å²) in [6, 6.07) is 14.5. The second-order valence-corrected chi connectivity index (χ2v) is 24.4. The van der Waals surface area contributed by atoms with E-state index < -0.39 is 19.5 Å². The van der Waals surface area contributed by atoms with Crippen molar-refractivity contribution in [1.82, 2.24) is 14.9 Å². The molecule has 3 aromatic carbocycles. The maximum atomic E-state index is 17.5. The maximum absolute atomic E-state index is 17.5. The molecule has 3 fully saturated rings. The first-order valence-corrected chi connectivity index (χ1v) is 23.2. The summed E-state index contributed by atoms with van der Waals surface area (Å²) in [6.07, 6.45) is 4.73. The molecule has 0 N–H and O–H groups in total. The fourth-order valence-corrected chi connectivity index (χ4v) is 15.0. The van der Waals surface area contributed by atoms with Crippen molar-refractivity contribution < 1.29 is 18.7 Å². The molecular formula is C47H61FN4O3Si. The van der Waals surface area contributed by atoms with Crippen LogP contribution in [-0.2, 0) is 4.74 Å². The second-order valence-electron chi connectivity index (χ2n) is 18.8. The number of aryl methyl sites for hydroxylation is 1. The average Bonchev–Trinajstić information content (AvgIpc) is 3.86. The number of halogens is 1. The number of carbonyl (C=O) groups excluding carboxylic acids is 1. The van der Waals surface area contributed by atoms with Crippen molar-refractivity contribution in [2.45, 2.75) is 143 Å². The molecule has 7 rings (SSSR count). The molecule has 1 saturated carbocycles. The Morgan fingerprint density at radius 1 is 0.964 bits per heavy atom. The first-order chi connectivity index (χ1) is 26.5. The number of carbonyl (C=O) groups is 1. The Kier molecular flexibility index (Phi) is 10.7. The fraction of sp³-hybridized carbons (Fsp3) is 0.553. The third kappa shape index (κ3) is 7.39. The summed E-state index contributed by atoms with van der Waals surface area (Å²) in [4.78, 5) is 27.3. The number of rotatable bonds is 9. The minimum Gasteiger partial charge on any atom is -0.463 e. The first kappa shape index (κ1) is 40.0. The van der Waals surface area contributed by atoms with Crippen molar-refractivity contribution in [3.63, 3.8) is 0 Å². The Labute approximate surface area is 334 Å². The first-order valence-electron chi connectivity index (χ1n) is 20.9. The van der Waals surface area contributed by atoms with Crippen LogP contribution in [0.5, 0.6) is 6.01 Å². The smallest absolute Gasteiger partial charge is 0.410 e. The molecule has 4 aromatic rings. The molecule has 2 bridgehead atoms. The molecule has 0 radical (unpaired) electrons. The summed E-state index contributed by atoms with van der Waals surface area (Å²) < 4.78 is 29.7. The van der Waals surface area contributed by atoms with Gasteiger partial charge >= 0.3 is 12.1 Å². The van der Waals surface area contributed by atoms with Gasteiger partial charge in [-0.25, -0.2) is 9.18 Å². The van der Waals surface area contributed by atoms with Crippen molar-refractivity contribution in [3.05, 3.63) is 59.4 Å². The standard InChI is InChI=1S/C47H61FN4O3Si/c1-12-47(21-22-47)28-54-44-49-42-38(43(50-44)51-26-35-16-17-36(27-51)52(35)45(53)55-46(9,10)11)19-18-37(41(42)48)39-25-32(8)24-34-15-13-14-33(40(34)39)20-23-56(29(2)3,30(4)5)31(6)7/h13-15,18-19,24-25,29-31,35-36H,12,16-17,21-22,26-28H2,1-11H3. The number of hydrogen-bond acceptors (Lipinski definition) is 6. The summed E-state index contributed by atoms with van der Waals surface area (Å²) in [6.45, 7) is 25.6. The predicted octanol–water partition coefficient (Wildman–Crippen LogP) is 11.6. The van der Waals surface area contributed by atoms with Gasteiger partial charge in [0.25, 0.3) is 0 Å². The zero-order valence-electron chi connectivity index (χ0n) is 35.5. The van der Waals surface area contributed by atoms with Crippen molar-refractivity contribution in [1.29, 1.82) is 0 Å². The number of amides is 1. The number of anilines is 1. The number of benzene rings is 3. The maximum Gasteiger partial charge on any atom is 0.410 e. The lowest BCUT2D eigenvalue weighted by molar-refractivity contribution is 0.0122. The van der Waals surface area contributed by atoms with Gasteiger partial charge < -0.3 is 14.4 Å². The molecule has 0 spiro atoms.